The maximum Gasteiger partial charge on any atom is 0.256 e. The second-order valence-corrected chi connectivity index (χ2v) is 2.60. The van der Waals surface area contributed by atoms with E-state index in [0.29, 0.717) is 6.61 Å². The molecule has 0 saturated carbocycles. The van der Waals surface area contributed by atoms with Crippen LogP contribution in [-0.2, 0) is 4.84 Å². The van der Waals surface area contributed by atoms with Crippen molar-refractivity contribution >= 4 is 17.8 Å². The molecule has 1 heterocycles. The van der Waals surface area contributed by atoms with E-state index >= 15 is 0 Å². The number of nitrogens with two attached hydrogens (primary N) is 2. The lowest BCUT2D eigenvalue weighted by atomic mass is 10.6. The van der Waals surface area contributed by atoms with Crippen molar-refractivity contribution in [3.63, 3.8) is 0 Å². The molecule has 8 heteroatoms. The van der Waals surface area contributed by atoms with Crippen LogP contribution in [0.5, 0.6) is 0 Å². The summed E-state index contributed by atoms with van der Waals surface area (Å²) >= 11 is 0. The van der Waals surface area contributed by atoms with E-state index in [0.717, 1.165) is 0 Å². The van der Waals surface area contributed by atoms with Crippen LogP contribution in [0.4, 0.5) is 17.8 Å². The Kier molecular flexibility index (Phi) is 4.01. The molecule has 0 saturated heterocycles. The maximum atomic E-state index is 8.81. The van der Waals surface area contributed by atoms with Crippen LogP contribution in [-0.4, -0.2) is 39.8 Å². The smallest absolute Gasteiger partial charge is 0.256 e. The summed E-state index contributed by atoms with van der Waals surface area (Å²) in [6.07, 6.45) is 0. The standard InChI is InChI=1S/C7H14N6O2/c1-2-15-13(3-4-14)7-11-5(8)10-6(9)12-7/h14H,2-4H2,1H3,(H4,8,9,10,11,12). The number of hydrogen-bond acceptors (Lipinski definition) is 8. The monoisotopic (exact) mass is 214 g/mol. The molecule has 0 radical (unpaired) electrons. The number of aliphatic hydroxyl groups is 1. The molecule has 84 valence electrons. The van der Waals surface area contributed by atoms with E-state index in [-0.39, 0.29) is 31.0 Å². The Morgan fingerprint density at radius 1 is 1.27 bits per heavy atom. The van der Waals surface area contributed by atoms with E-state index < -0.39 is 0 Å². The van der Waals surface area contributed by atoms with Gasteiger partial charge in [-0.1, -0.05) is 0 Å². The van der Waals surface area contributed by atoms with E-state index in [4.69, 9.17) is 21.4 Å². The van der Waals surface area contributed by atoms with Gasteiger partial charge >= 0.3 is 0 Å². The van der Waals surface area contributed by atoms with Crippen LogP contribution in [0.25, 0.3) is 0 Å². The van der Waals surface area contributed by atoms with Crippen molar-refractivity contribution in [1.29, 1.82) is 0 Å². The average molecular weight is 214 g/mol. The van der Waals surface area contributed by atoms with Crippen LogP contribution in [0.2, 0.25) is 0 Å². The van der Waals surface area contributed by atoms with Gasteiger partial charge < -0.3 is 16.6 Å². The molecule has 0 spiro atoms. The van der Waals surface area contributed by atoms with Gasteiger partial charge in [0.2, 0.25) is 11.9 Å². The SMILES string of the molecule is CCON(CCO)c1nc(N)nc(N)n1. The third-order valence-electron chi connectivity index (χ3n) is 1.47. The molecule has 1 aromatic rings. The van der Waals surface area contributed by atoms with E-state index in [1.54, 1.807) is 6.92 Å². The molecule has 15 heavy (non-hydrogen) atoms. The number of aromatic nitrogens is 3. The van der Waals surface area contributed by atoms with Crippen LogP contribution in [0.3, 0.4) is 0 Å². The second-order valence-electron chi connectivity index (χ2n) is 2.60. The first kappa shape index (κ1) is 11.4. The molecule has 0 amide bonds. The lowest BCUT2D eigenvalue weighted by molar-refractivity contribution is 0.104. The summed E-state index contributed by atoms with van der Waals surface area (Å²) in [6.45, 7) is 2.37. The Balaban J connectivity index is 2.88. The van der Waals surface area contributed by atoms with Crippen molar-refractivity contribution in [2.75, 3.05) is 36.3 Å². The molecule has 8 nitrogen and oxygen atoms in total. The normalized spacial score (nSPS) is 10.3. The van der Waals surface area contributed by atoms with Crippen LogP contribution in [0, 0.1) is 0 Å². The number of nitrogens with zero attached hydrogens (tertiary/aromatic N) is 4. The number of anilines is 3. The van der Waals surface area contributed by atoms with Gasteiger partial charge in [-0.2, -0.15) is 15.0 Å². The Morgan fingerprint density at radius 2 is 1.87 bits per heavy atom. The van der Waals surface area contributed by atoms with Crippen molar-refractivity contribution < 1.29 is 9.94 Å². The molecule has 0 aliphatic rings. The first-order chi connectivity index (χ1) is 7.17. The predicted octanol–water partition coefficient (Wildman–Crippen LogP) is -1.21. The highest BCUT2D eigenvalue weighted by atomic mass is 16.7. The fourth-order valence-electron chi connectivity index (χ4n) is 0.978. The lowest BCUT2D eigenvalue weighted by Gasteiger charge is -2.19. The van der Waals surface area contributed by atoms with Gasteiger partial charge in [0.25, 0.3) is 5.95 Å². The van der Waals surface area contributed by atoms with Crippen LogP contribution in [0.15, 0.2) is 0 Å². The molecule has 0 atom stereocenters. The summed E-state index contributed by atoms with van der Waals surface area (Å²) in [6, 6.07) is 0. The molecular weight excluding hydrogens is 200 g/mol. The Hall–Kier alpha value is -1.67. The van der Waals surface area contributed by atoms with Crippen LogP contribution >= 0.6 is 0 Å². The van der Waals surface area contributed by atoms with Gasteiger partial charge in [0.15, 0.2) is 0 Å². The molecule has 0 bridgehead atoms. The van der Waals surface area contributed by atoms with Gasteiger partial charge in [0, 0.05) is 0 Å². The molecule has 0 aliphatic carbocycles. The Morgan fingerprint density at radius 3 is 2.33 bits per heavy atom. The number of nitrogen functional groups attached to an aromatic ring is 2. The molecule has 0 aromatic carbocycles. The van der Waals surface area contributed by atoms with Gasteiger partial charge in [-0.15, -0.1) is 0 Å². The number of aliphatic hydroxyl groups excluding tert-OH is 1. The van der Waals surface area contributed by atoms with Crippen molar-refractivity contribution in [3.05, 3.63) is 0 Å². The van der Waals surface area contributed by atoms with Gasteiger partial charge in [0.1, 0.15) is 0 Å². The largest absolute Gasteiger partial charge is 0.394 e. The highest BCUT2D eigenvalue weighted by molar-refractivity contribution is 5.37. The highest BCUT2D eigenvalue weighted by Crippen LogP contribution is 2.09. The fourth-order valence-corrected chi connectivity index (χ4v) is 0.978. The Bertz CT molecular complexity index is 294. The average Bonchev–Trinajstić information content (AvgIpc) is 2.16. The second kappa shape index (κ2) is 5.27. The zero-order valence-electron chi connectivity index (χ0n) is 8.42. The number of hydrogen-bond donors (Lipinski definition) is 3. The van der Waals surface area contributed by atoms with Gasteiger partial charge in [-0.05, 0) is 6.92 Å². The van der Waals surface area contributed by atoms with E-state index in [2.05, 4.69) is 15.0 Å². The van der Waals surface area contributed by atoms with Crippen molar-refractivity contribution in [3.8, 4) is 0 Å². The number of hydroxylamine groups is 1. The molecule has 0 fully saturated rings. The molecule has 0 aliphatic heterocycles. The zero-order chi connectivity index (χ0) is 11.3. The van der Waals surface area contributed by atoms with Crippen LogP contribution in [0.1, 0.15) is 6.92 Å². The fraction of sp³-hybridized carbons (Fsp3) is 0.571. The van der Waals surface area contributed by atoms with Crippen molar-refractivity contribution in [2.45, 2.75) is 6.92 Å². The quantitative estimate of drug-likeness (QED) is 0.521. The highest BCUT2D eigenvalue weighted by Gasteiger charge is 2.11. The summed E-state index contributed by atoms with van der Waals surface area (Å²) in [5, 5.41) is 10.1. The lowest BCUT2D eigenvalue weighted by Crippen LogP contribution is -2.29. The first-order valence-electron chi connectivity index (χ1n) is 4.45. The minimum Gasteiger partial charge on any atom is -0.394 e. The Labute approximate surface area is 86.9 Å². The predicted molar refractivity (Wildman–Crippen MR) is 54.7 cm³/mol. The van der Waals surface area contributed by atoms with Gasteiger partial charge in [0.05, 0.1) is 19.8 Å². The molecule has 1 aromatic heterocycles. The topological polar surface area (TPSA) is 123 Å². The summed E-state index contributed by atoms with van der Waals surface area (Å²) in [4.78, 5) is 16.5. The summed E-state index contributed by atoms with van der Waals surface area (Å²) in [5.74, 6) is 0.219. The summed E-state index contributed by atoms with van der Waals surface area (Å²) in [7, 11) is 0. The molecule has 5 N–H and O–H groups in total. The third-order valence-corrected chi connectivity index (χ3v) is 1.47. The van der Waals surface area contributed by atoms with Crippen molar-refractivity contribution in [2.24, 2.45) is 0 Å². The summed E-state index contributed by atoms with van der Waals surface area (Å²) < 4.78 is 0. The minimum atomic E-state index is -0.0918. The van der Waals surface area contributed by atoms with Crippen molar-refractivity contribution in [1.82, 2.24) is 15.0 Å². The van der Waals surface area contributed by atoms with E-state index in [9.17, 15) is 0 Å². The first-order valence-corrected chi connectivity index (χ1v) is 4.45. The van der Waals surface area contributed by atoms with Gasteiger partial charge in [-0.25, -0.2) is 5.06 Å². The van der Waals surface area contributed by atoms with E-state index in [1.807, 2.05) is 0 Å². The van der Waals surface area contributed by atoms with Gasteiger partial charge in [-0.3, -0.25) is 4.84 Å². The molecule has 1 rings (SSSR count). The van der Waals surface area contributed by atoms with Crippen LogP contribution < -0.4 is 16.5 Å². The summed E-state index contributed by atoms with van der Waals surface area (Å²) in [5.41, 5.74) is 10.8. The zero-order valence-corrected chi connectivity index (χ0v) is 8.42. The number of rotatable bonds is 5. The van der Waals surface area contributed by atoms with E-state index in [1.165, 1.54) is 5.06 Å². The minimum absolute atomic E-state index is 0.0140. The molecular formula is C7H14N6O2. The maximum absolute atomic E-state index is 8.81. The third kappa shape index (κ3) is 3.18. The molecule has 0 unspecified atom stereocenters.